The maximum atomic E-state index is 13.5. The number of hydrazine groups is 1. The van der Waals surface area contributed by atoms with Crippen LogP contribution in [0.3, 0.4) is 0 Å². The largest absolute Gasteiger partial charge is 0.478 e. The average molecular weight is 316 g/mol. The van der Waals surface area contributed by atoms with Crippen LogP contribution in [0.2, 0.25) is 0 Å². The van der Waals surface area contributed by atoms with Gasteiger partial charge in [-0.05, 0) is 38.1 Å². The summed E-state index contributed by atoms with van der Waals surface area (Å²) in [6.45, 7) is 3.37. The number of amides is 2. The number of carbonyl (C=O) groups is 2. The van der Waals surface area contributed by atoms with Gasteiger partial charge in [-0.15, -0.1) is 0 Å². The van der Waals surface area contributed by atoms with Gasteiger partial charge in [0.15, 0.2) is 17.7 Å². The fraction of sp³-hybridized carbons (Fsp3) is 0.176. The van der Waals surface area contributed by atoms with Crippen LogP contribution in [0.4, 0.5) is 4.39 Å². The predicted octanol–water partition coefficient (Wildman–Crippen LogP) is 2.36. The summed E-state index contributed by atoms with van der Waals surface area (Å²) in [6.07, 6.45) is -0.967. The molecule has 2 N–H and O–H groups in total. The lowest BCUT2D eigenvalue weighted by atomic mass is 10.1. The first kappa shape index (κ1) is 16.5. The van der Waals surface area contributed by atoms with Crippen LogP contribution in [0.1, 0.15) is 22.8 Å². The van der Waals surface area contributed by atoms with E-state index < -0.39 is 23.7 Å². The van der Waals surface area contributed by atoms with Crippen molar-refractivity contribution in [2.24, 2.45) is 0 Å². The van der Waals surface area contributed by atoms with Crippen LogP contribution in [0.25, 0.3) is 0 Å². The van der Waals surface area contributed by atoms with Gasteiger partial charge in [-0.3, -0.25) is 20.4 Å². The molecule has 0 aliphatic carbocycles. The Bertz CT molecular complexity index is 701. The Morgan fingerprint density at radius 3 is 2.35 bits per heavy atom. The van der Waals surface area contributed by atoms with E-state index in [-0.39, 0.29) is 5.75 Å². The third-order valence-electron chi connectivity index (χ3n) is 3.12. The van der Waals surface area contributed by atoms with E-state index >= 15 is 0 Å². The molecule has 0 aromatic heterocycles. The third kappa shape index (κ3) is 4.54. The van der Waals surface area contributed by atoms with Crippen molar-refractivity contribution in [2.75, 3.05) is 0 Å². The van der Waals surface area contributed by atoms with Gasteiger partial charge in [0.25, 0.3) is 11.8 Å². The summed E-state index contributed by atoms with van der Waals surface area (Å²) in [6, 6.07) is 12.7. The molecule has 0 radical (unpaired) electrons. The number of halogens is 1. The van der Waals surface area contributed by atoms with E-state index in [1.165, 1.54) is 25.1 Å². The van der Waals surface area contributed by atoms with Gasteiger partial charge in [0.05, 0.1) is 0 Å². The van der Waals surface area contributed by atoms with Crippen molar-refractivity contribution in [3.8, 4) is 5.75 Å². The van der Waals surface area contributed by atoms with Crippen LogP contribution < -0.4 is 15.6 Å². The number of aryl methyl sites for hydroxylation is 1. The normalized spacial score (nSPS) is 11.4. The molecule has 0 bridgehead atoms. The first-order valence-corrected chi connectivity index (χ1v) is 7.05. The molecular weight excluding hydrogens is 299 g/mol. The molecule has 0 saturated heterocycles. The molecule has 0 fully saturated rings. The summed E-state index contributed by atoms with van der Waals surface area (Å²) in [5.74, 6) is -1.62. The SMILES string of the molecule is Cc1ccc(C(=O)NNC(=O)[C@H](C)Oc2ccccc2F)cc1. The Morgan fingerprint density at radius 2 is 1.70 bits per heavy atom. The van der Waals surface area contributed by atoms with Gasteiger partial charge < -0.3 is 4.74 Å². The van der Waals surface area contributed by atoms with Crippen LogP contribution in [-0.2, 0) is 4.79 Å². The topological polar surface area (TPSA) is 67.4 Å². The van der Waals surface area contributed by atoms with E-state index in [0.29, 0.717) is 5.56 Å². The van der Waals surface area contributed by atoms with Gasteiger partial charge in [0.1, 0.15) is 0 Å². The van der Waals surface area contributed by atoms with E-state index in [1.807, 2.05) is 6.92 Å². The second kappa shape index (κ2) is 7.40. The maximum Gasteiger partial charge on any atom is 0.279 e. The highest BCUT2D eigenvalue weighted by Crippen LogP contribution is 2.16. The summed E-state index contributed by atoms with van der Waals surface area (Å²) in [7, 11) is 0. The number of ether oxygens (including phenoxy) is 1. The monoisotopic (exact) mass is 316 g/mol. The molecular formula is C17H17FN2O3. The first-order chi connectivity index (χ1) is 11.0. The van der Waals surface area contributed by atoms with Gasteiger partial charge in [-0.25, -0.2) is 4.39 Å². The third-order valence-corrected chi connectivity index (χ3v) is 3.12. The van der Waals surface area contributed by atoms with Crippen LogP contribution in [0.5, 0.6) is 5.75 Å². The number of rotatable bonds is 4. The molecule has 5 nitrogen and oxygen atoms in total. The summed E-state index contributed by atoms with van der Waals surface area (Å²) in [5, 5.41) is 0. The minimum atomic E-state index is -0.967. The number of nitrogens with one attached hydrogen (secondary N) is 2. The second-order valence-corrected chi connectivity index (χ2v) is 5.00. The zero-order chi connectivity index (χ0) is 16.8. The molecule has 0 saturated carbocycles. The Balaban J connectivity index is 1.87. The summed E-state index contributed by atoms with van der Waals surface area (Å²) in [5.41, 5.74) is 5.98. The first-order valence-electron chi connectivity index (χ1n) is 7.05. The quantitative estimate of drug-likeness (QED) is 0.851. The molecule has 0 unspecified atom stereocenters. The van der Waals surface area contributed by atoms with Crippen molar-refractivity contribution in [3.63, 3.8) is 0 Å². The lowest BCUT2D eigenvalue weighted by molar-refractivity contribution is -0.128. The van der Waals surface area contributed by atoms with Crippen molar-refractivity contribution in [3.05, 3.63) is 65.5 Å². The highest BCUT2D eigenvalue weighted by atomic mass is 19.1. The van der Waals surface area contributed by atoms with E-state index in [0.717, 1.165) is 5.56 Å². The molecule has 0 aliphatic rings. The average Bonchev–Trinajstić information content (AvgIpc) is 2.55. The van der Waals surface area contributed by atoms with E-state index in [2.05, 4.69) is 10.9 Å². The van der Waals surface area contributed by atoms with Gasteiger partial charge >= 0.3 is 0 Å². The molecule has 0 heterocycles. The Kier molecular flexibility index (Phi) is 5.30. The predicted molar refractivity (Wildman–Crippen MR) is 83.3 cm³/mol. The molecule has 2 rings (SSSR count). The summed E-state index contributed by atoms with van der Waals surface area (Å²) >= 11 is 0. The molecule has 1 atom stereocenters. The van der Waals surface area contributed by atoms with Crippen LogP contribution in [0, 0.1) is 12.7 Å². The van der Waals surface area contributed by atoms with E-state index in [1.54, 1.807) is 30.3 Å². The maximum absolute atomic E-state index is 13.5. The van der Waals surface area contributed by atoms with Crippen molar-refractivity contribution in [1.82, 2.24) is 10.9 Å². The molecule has 120 valence electrons. The fourth-order valence-electron chi connectivity index (χ4n) is 1.78. The Morgan fingerprint density at radius 1 is 1.04 bits per heavy atom. The van der Waals surface area contributed by atoms with Crippen LogP contribution in [0.15, 0.2) is 48.5 Å². The van der Waals surface area contributed by atoms with Crippen LogP contribution >= 0.6 is 0 Å². The molecule has 0 aliphatic heterocycles. The van der Waals surface area contributed by atoms with E-state index in [4.69, 9.17) is 4.74 Å². The van der Waals surface area contributed by atoms with Crippen LogP contribution in [-0.4, -0.2) is 17.9 Å². The zero-order valence-electron chi connectivity index (χ0n) is 12.8. The smallest absolute Gasteiger partial charge is 0.279 e. The van der Waals surface area contributed by atoms with E-state index in [9.17, 15) is 14.0 Å². The minimum Gasteiger partial charge on any atom is -0.478 e. The number of benzene rings is 2. The van der Waals surface area contributed by atoms with Crippen molar-refractivity contribution in [2.45, 2.75) is 20.0 Å². The van der Waals surface area contributed by atoms with Gasteiger partial charge in [0.2, 0.25) is 0 Å². The molecule has 2 aromatic rings. The number of para-hydroxylation sites is 1. The molecule has 2 aromatic carbocycles. The summed E-state index contributed by atoms with van der Waals surface area (Å²) in [4.78, 5) is 23.7. The minimum absolute atomic E-state index is 0.0278. The summed E-state index contributed by atoms with van der Waals surface area (Å²) < 4.78 is 18.7. The number of hydrogen-bond donors (Lipinski definition) is 2. The Hall–Kier alpha value is -2.89. The lowest BCUT2D eigenvalue weighted by Gasteiger charge is -2.15. The fourth-order valence-corrected chi connectivity index (χ4v) is 1.78. The Labute approximate surface area is 133 Å². The molecule has 23 heavy (non-hydrogen) atoms. The second-order valence-electron chi connectivity index (χ2n) is 5.00. The van der Waals surface area contributed by atoms with Crippen molar-refractivity contribution >= 4 is 11.8 Å². The lowest BCUT2D eigenvalue weighted by Crippen LogP contribution is -2.47. The zero-order valence-corrected chi connectivity index (χ0v) is 12.8. The van der Waals surface area contributed by atoms with Gasteiger partial charge in [-0.1, -0.05) is 29.8 Å². The standard InChI is InChI=1S/C17H17FN2O3/c1-11-7-9-13(10-8-11)17(22)20-19-16(21)12(2)23-15-6-4-3-5-14(15)18/h3-10,12H,1-2H3,(H,19,21)(H,20,22)/t12-/m0/s1. The molecule has 2 amide bonds. The van der Waals surface area contributed by atoms with Gasteiger partial charge in [0, 0.05) is 5.56 Å². The van der Waals surface area contributed by atoms with Crippen molar-refractivity contribution in [1.29, 1.82) is 0 Å². The number of carbonyl (C=O) groups excluding carboxylic acids is 2. The van der Waals surface area contributed by atoms with Crippen molar-refractivity contribution < 1.29 is 18.7 Å². The van der Waals surface area contributed by atoms with Gasteiger partial charge in [-0.2, -0.15) is 0 Å². The highest BCUT2D eigenvalue weighted by molar-refractivity contribution is 5.95. The number of hydrogen-bond acceptors (Lipinski definition) is 3. The highest BCUT2D eigenvalue weighted by Gasteiger charge is 2.17. The molecule has 6 heteroatoms. The molecule has 0 spiro atoms.